The zero-order valence-electron chi connectivity index (χ0n) is 14.1. The molecule has 2 N–H and O–H groups in total. The van der Waals surface area contributed by atoms with E-state index in [-0.39, 0.29) is 0 Å². The summed E-state index contributed by atoms with van der Waals surface area (Å²) in [5.41, 5.74) is 7.99. The average Bonchev–Trinajstić information content (AvgIpc) is 2.62. The summed E-state index contributed by atoms with van der Waals surface area (Å²) in [6.45, 7) is 2.06. The topological polar surface area (TPSA) is 61.0 Å². The van der Waals surface area contributed by atoms with Crippen molar-refractivity contribution in [3.8, 4) is 11.5 Å². The summed E-state index contributed by atoms with van der Waals surface area (Å²) in [6.07, 6.45) is 0. The van der Waals surface area contributed by atoms with Crippen LogP contribution in [0.15, 0.2) is 48.5 Å². The molecule has 0 fully saturated rings. The quantitative estimate of drug-likeness (QED) is 0.487. The highest BCUT2D eigenvalue weighted by molar-refractivity contribution is 5.63. The molecule has 0 atom stereocenters. The molecular weight excluding hydrogens is 308 g/mol. The van der Waals surface area contributed by atoms with Crippen molar-refractivity contribution in [2.45, 2.75) is 0 Å². The molecule has 0 radical (unpaired) electrons. The Morgan fingerprint density at radius 1 is 0.625 bits per heavy atom. The van der Waals surface area contributed by atoms with Gasteiger partial charge in [-0.25, -0.2) is 0 Å². The van der Waals surface area contributed by atoms with E-state index >= 15 is 0 Å². The van der Waals surface area contributed by atoms with Crippen LogP contribution in [0.1, 0.15) is 0 Å². The molecule has 2 aromatic carbocycles. The van der Waals surface area contributed by atoms with Crippen molar-refractivity contribution < 1.29 is 18.9 Å². The van der Waals surface area contributed by atoms with Gasteiger partial charge in [-0.1, -0.05) is 24.3 Å². The van der Waals surface area contributed by atoms with E-state index in [4.69, 9.17) is 18.9 Å². The third-order valence-corrected chi connectivity index (χ3v) is 3.20. The monoisotopic (exact) mass is 332 g/mol. The second kappa shape index (κ2) is 10.4. The van der Waals surface area contributed by atoms with Crippen molar-refractivity contribution in [3.63, 3.8) is 0 Å². The van der Waals surface area contributed by atoms with Crippen LogP contribution in [0.5, 0.6) is 11.5 Å². The van der Waals surface area contributed by atoms with Crippen molar-refractivity contribution in [2.24, 2.45) is 0 Å². The maximum Gasteiger partial charge on any atom is 0.144 e. The molecule has 0 aliphatic carbocycles. The molecule has 0 unspecified atom stereocenters. The van der Waals surface area contributed by atoms with Gasteiger partial charge in [-0.2, -0.15) is 0 Å². The zero-order valence-corrected chi connectivity index (χ0v) is 14.1. The van der Waals surface area contributed by atoms with E-state index in [1.165, 1.54) is 0 Å². The molecule has 0 heterocycles. The van der Waals surface area contributed by atoms with E-state index in [1.54, 1.807) is 14.2 Å². The lowest BCUT2D eigenvalue weighted by molar-refractivity contribution is 0.146. The first-order valence-electron chi connectivity index (χ1n) is 7.78. The SMILES string of the molecule is COCCOc1ccccc1NNc1ccccc1OCCOC. The van der Waals surface area contributed by atoms with Crippen molar-refractivity contribution >= 4 is 11.4 Å². The van der Waals surface area contributed by atoms with Gasteiger partial charge in [-0.3, -0.25) is 10.9 Å². The van der Waals surface area contributed by atoms with Gasteiger partial charge in [0.15, 0.2) is 0 Å². The lowest BCUT2D eigenvalue weighted by Crippen LogP contribution is -2.13. The molecule has 2 rings (SSSR count). The molecular formula is C18H24N2O4. The largest absolute Gasteiger partial charge is 0.489 e. The van der Waals surface area contributed by atoms with Gasteiger partial charge in [0.25, 0.3) is 0 Å². The summed E-state index contributed by atoms with van der Waals surface area (Å²) in [6, 6.07) is 15.4. The van der Waals surface area contributed by atoms with Crippen molar-refractivity contribution in [3.05, 3.63) is 48.5 Å². The number of rotatable bonds is 11. The number of hydrogen-bond donors (Lipinski definition) is 2. The minimum absolute atomic E-state index is 0.492. The molecule has 0 bridgehead atoms. The molecule has 0 saturated heterocycles. The number of nitrogens with one attached hydrogen (secondary N) is 2. The summed E-state index contributed by atoms with van der Waals surface area (Å²) >= 11 is 0. The zero-order chi connectivity index (χ0) is 17.0. The lowest BCUT2D eigenvalue weighted by atomic mass is 10.3. The number of methoxy groups -OCH3 is 2. The summed E-state index contributed by atoms with van der Waals surface area (Å²) < 4.78 is 21.4. The van der Waals surface area contributed by atoms with Crippen LogP contribution in [0.4, 0.5) is 11.4 Å². The average molecular weight is 332 g/mol. The number of para-hydroxylation sites is 4. The van der Waals surface area contributed by atoms with Gasteiger partial charge in [-0.15, -0.1) is 0 Å². The Bertz CT molecular complexity index is 554. The predicted octanol–water partition coefficient (Wildman–Crippen LogP) is 3.18. The fourth-order valence-corrected chi connectivity index (χ4v) is 2.00. The Morgan fingerprint density at radius 2 is 1.04 bits per heavy atom. The number of hydrazine groups is 1. The molecule has 0 aliphatic heterocycles. The van der Waals surface area contributed by atoms with E-state index in [1.807, 2.05) is 48.5 Å². The molecule has 6 heteroatoms. The highest BCUT2D eigenvalue weighted by Crippen LogP contribution is 2.27. The Morgan fingerprint density at radius 3 is 1.46 bits per heavy atom. The van der Waals surface area contributed by atoms with Gasteiger partial charge in [0.2, 0.25) is 0 Å². The van der Waals surface area contributed by atoms with Gasteiger partial charge in [0, 0.05) is 14.2 Å². The van der Waals surface area contributed by atoms with Crippen LogP contribution in [0, 0.1) is 0 Å². The third kappa shape index (κ3) is 5.64. The molecule has 0 aromatic heterocycles. The van der Waals surface area contributed by atoms with Crippen LogP contribution in [0.2, 0.25) is 0 Å². The maximum absolute atomic E-state index is 5.70. The fraction of sp³-hybridized carbons (Fsp3) is 0.333. The van der Waals surface area contributed by atoms with Crippen LogP contribution in [0.3, 0.4) is 0 Å². The van der Waals surface area contributed by atoms with Crippen LogP contribution in [0.25, 0.3) is 0 Å². The molecule has 0 saturated carbocycles. The summed E-state index contributed by atoms with van der Waals surface area (Å²) in [5.74, 6) is 1.50. The minimum atomic E-state index is 0.492. The second-order valence-electron chi connectivity index (χ2n) is 4.92. The van der Waals surface area contributed by atoms with Gasteiger partial charge < -0.3 is 18.9 Å². The summed E-state index contributed by atoms with van der Waals surface area (Å²) in [7, 11) is 3.30. The Hall–Kier alpha value is -2.44. The van der Waals surface area contributed by atoms with Crippen LogP contribution < -0.4 is 20.3 Å². The summed E-state index contributed by atoms with van der Waals surface area (Å²) in [4.78, 5) is 0. The Balaban J connectivity index is 1.98. The Kier molecular flexibility index (Phi) is 7.73. The first-order chi connectivity index (χ1) is 11.8. The normalized spacial score (nSPS) is 10.2. The van der Waals surface area contributed by atoms with Crippen molar-refractivity contribution in [1.82, 2.24) is 0 Å². The summed E-state index contributed by atoms with van der Waals surface area (Å²) in [5, 5.41) is 0. The molecule has 24 heavy (non-hydrogen) atoms. The number of anilines is 2. The van der Waals surface area contributed by atoms with Crippen molar-refractivity contribution in [2.75, 3.05) is 51.5 Å². The predicted molar refractivity (Wildman–Crippen MR) is 94.9 cm³/mol. The highest BCUT2D eigenvalue weighted by Gasteiger charge is 2.05. The number of hydrogen-bond acceptors (Lipinski definition) is 6. The van der Waals surface area contributed by atoms with Crippen molar-refractivity contribution in [1.29, 1.82) is 0 Å². The molecule has 0 amide bonds. The molecule has 130 valence electrons. The van der Waals surface area contributed by atoms with Gasteiger partial charge in [-0.05, 0) is 24.3 Å². The van der Waals surface area contributed by atoms with E-state index in [0.717, 1.165) is 22.9 Å². The van der Waals surface area contributed by atoms with Gasteiger partial charge in [0.1, 0.15) is 24.7 Å². The van der Waals surface area contributed by atoms with Gasteiger partial charge >= 0.3 is 0 Å². The standard InChI is InChI=1S/C18H24N2O4/c1-21-11-13-23-17-9-5-3-7-15(17)19-20-16-8-4-6-10-18(16)24-14-12-22-2/h3-10,19-20H,11-14H2,1-2H3. The van der Waals surface area contributed by atoms with Crippen LogP contribution in [-0.4, -0.2) is 40.6 Å². The smallest absolute Gasteiger partial charge is 0.144 e. The molecule has 6 nitrogen and oxygen atoms in total. The molecule has 0 aliphatic rings. The number of benzene rings is 2. The first kappa shape index (κ1) is 17.9. The third-order valence-electron chi connectivity index (χ3n) is 3.20. The van der Waals surface area contributed by atoms with E-state index in [2.05, 4.69) is 10.9 Å². The number of ether oxygens (including phenoxy) is 4. The van der Waals surface area contributed by atoms with E-state index in [0.29, 0.717) is 26.4 Å². The van der Waals surface area contributed by atoms with Crippen LogP contribution >= 0.6 is 0 Å². The molecule has 0 spiro atoms. The van der Waals surface area contributed by atoms with Crippen LogP contribution in [-0.2, 0) is 9.47 Å². The van der Waals surface area contributed by atoms with E-state index in [9.17, 15) is 0 Å². The fourth-order valence-electron chi connectivity index (χ4n) is 2.00. The second-order valence-corrected chi connectivity index (χ2v) is 4.92. The maximum atomic E-state index is 5.70. The minimum Gasteiger partial charge on any atom is -0.489 e. The van der Waals surface area contributed by atoms with E-state index < -0.39 is 0 Å². The molecule has 2 aromatic rings. The highest BCUT2D eigenvalue weighted by atomic mass is 16.5. The van der Waals surface area contributed by atoms with Gasteiger partial charge in [0.05, 0.1) is 24.6 Å². The first-order valence-corrected chi connectivity index (χ1v) is 7.78. The Labute approximate surface area is 142 Å². The lowest BCUT2D eigenvalue weighted by Gasteiger charge is -2.16.